The molecule has 0 bridgehead atoms. The second-order valence-corrected chi connectivity index (χ2v) is 8.02. The molecule has 1 fully saturated rings. The van der Waals surface area contributed by atoms with Gasteiger partial charge in [0.05, 0.1) is 11.9 Å². The van der Waals surface area contributed by atoms with Crippen LogP contribution in [0.4, 0.5) is 0 Å². The minimum Gasteiger partial charge on any atom is -0.393 e. The maximum atomic E-state index is 12.4. The third-order valence-corrected chi connectivity index (χ3v) is 5.79. The van der Waals surface area contributed by atoms with Crippen molar-refractivity contribution in [2.75, 3.05) is 13.1 Å². The van der Waals surface area contributed by atoms with Crippen LogP contribution in [0.15, 0.2) is 18.2 Å². The van der Waals surface area contributed by atoms with Crippen molar-refractivity contribution < 1.29 is 13.5 Å². The van der Waals surface area contributed by atoms with Gasteiger partial charge < -0.3 is 5.11 Å². The van der Waals surface area contributed by atoms with Crippen molar-refractivity contribution >= 4 is 33.2 Å². The lowest BCUT2D eigenvalue weighted by Gasteiger charge is -2.18. The fourth-order valence-corrected chi connectivity index (χ4v) is 4.54. The quantitative estimate of drug-likeness (QED) is 0.918. The molecule has 1 aromatic rings. The minimum absolute atomic E-state index is 0.00715. The van der Waals surface area contributed by atoms with E-state index in [4.69, 9.17) is 23.2 Å². The van der Waals surface area contributed by atoms with E-state index in [1.807, 2.05) is 0 Å². The van der Waals surface area contributed by atoms with Crippen LogP contribution in [0.1, 0.15) is 18.9 Å². The standard InChI is InChI=1S/C13H17Cl2NO3S/c1-9(17)11-2-3-16(7-11)20(18,19)8-10-4-12(14)6-13(15)5-10/h4-6,9,11,17H,2-3,7-8H2,1H3. The third-order valence-electron chi connectivity index (χ3n) is 3.53. The molecule has 0 amide bonds. The summed E-state index contributed by atoms with van der Waals surface area (Å²) in [6.45, 7) is 2.51. The number of rotatable bonds is 4. The van der Waals surface area contributed by atoms with E-state index in [0.717, 1.165) is 0 Å². The Hall–Kier alpha value is -0.330. The van der Waals surface area contributed by atoms with Crippen LogP contribution in [0.5, 0.6) is 0 Å². The highest BCUT2D eigenvalue weighted by molar-refractivity contribution is 7.88. The Labute approximate surface area is 129 Å². The molecule has 4 nitrogen and oxygen atoms in total. The maximum Gasteiger partial charge on any atom is 0.218 e. The van der Waals surface area contributed by atoms with Gasteiger partial charge in [0.1, 0.15) is 0 Å². The summed E-state index contributed by atoms with van der Waals surface area (Å²) in [5.41, 5.74) is 0.572. The zero-order valence-corrected chi connectivity index (χ0v) is 13.4. The molecule has 1 N–H and O–H groups in total. The second-order valence-electron chi connectivity index (χ2n) is 5.18. The van der Waals surface area contributed by atoms with Crippen LogP contribution in [0.2, 0.25) is 10.0 Å². The summed E-state index contributed by atoms with van der Waals surface area (Å²) in [6.07, 6.45) is 0.198. The van der Waals surface area contributed by atoms with Gasteiger partial charge >= 0.3 is 0 Å². The summed E-state index contributed by atoms with van der Waals surface area (Å²) >= 11 is 11.8. The van der Waals surface area contributed by atoms with Gasteiger partial charge in [-0.1, -0.05) is 23.2 Å². The number of hydrogen-bond donors (Lipinski definition) is 1. The van der Waals surface area contributed by atoms with E-state index in [-0.39, 0.29) is 11.7 Å². The molecule has 2 rings (SSSR count). The monoisotopic (exact) mass is 337 g/mol. The van der Waals surface area contributed by atoms with Gasteiger partial charge in [-0.15, -0.1) is 0 Å². The van der Waals surface area contributed by atoms with Crippen molar-refractivity contribution in [3.05, 3.63) is 33.8 Å². The number of halogens is 2. The highest BCUT2D eigenvalue weighted by atomic mass is 35.5. The molecule has 0 aromatic heterocycles. The first kappa shape index (κ1) is 16.0. The van der Waals surface area contributed by atoms with Gasteiger partial charge in [0.2, 0.25) is 10.0 Å². The van der Waals surface area contributed by atoms with E-state index in [1.54, 1.807) is 25.1 Å². The lowest BCUT2D eigenvalue weighted by molar-refractivity contribution is 0.133. The van der Waals surface area contributed by atoms with Crippen LogP contribution in [0, 0.1) is 5.92 Å². The van der Waals surface area contributed by atoms with Gasteiger partial charge in [0, 0.05) is 23.1 Å². The Morgan fingerprint density at radius 1 is 1.35 bits per heavy atom. The molecular weight excluding hydrogens is 321 g/mol. The van der Waals surface area contributed by atoms with Crippen LogP contribution in [-0.4, -0.2) is 37.0 Å². The Balaban J connectivity index is 2.12. The van der Waals surface area contributed by atoms with Gasteiger partial charge in [-0.3, -0.25) is 0 Å². The van der Waals surface area contributed by atoms with E-state index in [2.05, 4.69) is 0 Å². The van der Waals surface area contributed by atoms with Gasteiger partial charge in [0.15, 0.2) is 0 Å². The normalized spacial score (nSPS) is 22.1. The highest BCUT2D eigenvalue weighted by Gasteiger charge is 2.33. The molecule has 1 aliphatic heterocycles. The first-order valence-corrected chi connectivity index (χ1v) is 8.75. The summed E-state index contributed by atoms with van der Waals surface area (Å²) < 4.78 is 26.1. The molecular formula is C13H17Cl2NO3S. The van der Waals surface area contributed by atoms with Crippen molar-refractivity contribution in [3.8, 4) is 0 Å². The zero-order chi connectivity index (χ0) is 14.9. The molecule has 2 atom stereocenters. The number of benzene rings is 1. The molecule has 0 radical (unpaired) electrons. The van der Waals surface area contributed by atoms with E-state index >= 15 is 0 Å². The Morgan fingerprint density at radius 3 is 2.45 bits per heavy atom. The van der Waals surface area contributed by atoms with Crippen molar-refractivity contribution in [3.63, 3.8) is 0 Å². The lowest BCUT2D eigenvalue weighted by atomic mass is 10.0. The highest BCUT2D eigenvalue weighted by Crippen LogP contribution is 2.26. The number of aliphatic hydroxyl groups is 1. The predicted molar refractivity (Wildman–Crippen MR) is 80.4 cm³/mol. The molecule has 0 aliphatic carbocycles. The Morgan fingerprint density at radius 2 is 1.95 bits per heavy atom. The first-order chi connectivity index (χ1) is 9.28. The van der Waals surface area contributed by atoms with Crippen molar-refractivity contribution in [2.45, 2.75) is 25.2 Å². The Bertz CT molecular complexity index is 569. The Kier molecular flexibility index (Phi) is 4.97. The van der Waals surface area contributed by atoms with E-state index < -0.39 is 16.1 Å². The van der Waals surface area contributed by atoms with E-state index in [9.17, 15) is 13.5 Å². The second kappa shape index (κ2) is 6.20. The predicted octanol–water partition coefficient (Wildman–Crippen LogP) is 2.53. The van der Waals surface area contributed by atoms with Gasteiger partial charge in [0.25, 0.3) is 0 Å². The number of sulfonamides is 1. The molecule has 112 valence electrons. The summed E-state index contributed by atoms with van der Waals surface area (Å²) in [4.78, 5) is 0. The maximum absolute atomic E-state index is 12.4. The molecule has 20 heavy (non-hydrogen) atoms. The van der Waals surface area contributed by atoms with Gasteiger partial charge in [-0.05, 0) is 43.0 Å². The fraction of sp³-hybridized carbons (Fsp3) is 0.538. The summed E-state index contributed by atoms with van der Waals surface area (Å²) in [5.74, 6) is -0.118. The summed E-state index contributed by atoms with van der Waals surface area (Å²) in [6, 6.07) is 4.78. The van der Waals surface area contributed by atoms with Gasteiger partial charge in [-0.2, -0.15) is 0 Å². The number of aliphatic hydroxyl groups excluding tert-OH is 1. The van der Waals surface area contributed by atoms with E-state index in [0.29, 0.717) is 35.1 Å². The van der Waals surface area contributed by atoms with Crippen molar-refractivity contribution in [1.29, 1.82) is 0 Å². The molecule has 2 unspecified atom stereocenters. The SMILES string of the molecule is CC(O)C1CCN(S(=O)(=O)Cc2cc(Cl)cc(Cl)c2)C1. The molecule has 0 spiro atoms. The summed E-state index contributed by atoms with van der Waals surface area (Å²) in [7, 11) is -3.41. The van der Waals surface area contributed by atoms with Crippen LogP contribution in [-0.2, 0) is 15.8 Å². The van der Waals surface area contributed by atoms with E-state index in [1.165, 1.54) is 4.31 Å². The van der Waals surface area contributed by atoms with Crippen LogP contribution in [0.25, 0.3) is 0 Å². The smallest absolute Gasteiger partial charge is 0.218 e. The molecule has 1 aliphatic rings. The van der Waals surface area contributed by atoms with Crippen molar-refractivity contribution in [1.82, 2.24) is 4.31 Å². The lowest BCUT2D eigenvalue weighted by Crippen LogP contribution is -2.31. The van der Waals surface area contributed by atoms with Crippen LogP contribution in [0.3, 0.4) is 0 Å². The fourth-order valence-electron chi connectivity index (χ4n) is 2.40. The average molecular weight is 338 g/mol. The first-order valence-electron chi connectivity index (χ1n) is 6.39. The van der Waals surface area contributed by atoms with Crippen molar-refractivity contribution in [2.24, 2.45) is 5.92 Å². The summed E-state index contributed by atoms with van der Waals surface area (Å²) in [5, 5.41) is 10.4. The molecule has 1 saturated heterocycles. The minimum atomic E-state index is -3.41. The average Bonchev–Trinajstić information content (AvgIpc) is 2.76. The zero-order valence-electron chi connectivity index (χ0n) is 11.1. The van der Waals surface area contributed by atoms with Crippen LogP contribution < -0.4 is 0 Å². The van der Waals surface area contributed by atoms with Crippen LogP contribution >= 0.6 is 23.2 Å². The molecule has 7 heteroatoms. The molecule has 1 heterocycles. The third kappa shape index (κ3) is 3.86. The largest absolute Gasteiger partial charge is 0.393 e. The number of nitrogens with zero attached hydrogens (tertiary/aromatic N) is 1. The molecule has 0 saturated carbocycles. The molecule has 1 aromatic carbocycles. The number of hydrogen-bond acceptors (Lipinski definition) is 3. The topological polar surface area (TPSA) is 57.6 Å². The van der Waals surface area contributed by atoms with Gasteiger partial charge in [-0.25, -0.2) is 12.7 Å².